The molecule has 3 aromatic heterocycles. The van der Waals surface area contributed by atoms with Crippen molar-refractivity contribution in [1.29, 1.82) is 0 Å². The van der Waals surface area contributed by atoms with Gasteiger partial charge in [-0.15, -0.1) is 0 Å². The van der Waals surface area contributed by atoms with Crippen molar-refractivity contribution in [3.63, 3.8) is 0 Å². The molecule has 0 atom stereocenters. The lowest BCUT2D eigenvalue weighted by Gasteiger charge is -2.38. The molecule has 0 saturated carbocycles. The Morgan fingerprint density at radius 1 is 1.18 bits per heavy atom. The molecule has 4 heterocycles. The van der Waals surface area contributed by atoms with Crippen LogP contribution in [0.25, 0.3) is 22.2 Å². The maximum absolute atomic E-state index is 12.0. The van der Waals surface area contributed by atoms with Gasteiger partial charge in [-0.1, -0.05) is 23.7 Å². The largest absolute Gasteiger partial charge is 0.389 e. The lowest BCUT2D eigenvalue weighted by molar-refractivity contribution is -0.0235. The van der Waals surface area contributed by atoms with E-state index in [4.69, 9.17) is 11.6 Å². The molecular formula is C23H26ClN7O2. The number of piperidine rings is 1. The fraction of sp³-hybridized carbons (Fsp3) is 0.391. The van der Waals surface area contributed by atoms with Crippen LogP contribution < -0.4 is 5.56 Å². The zero-order valence-corrected chi connectivity index (χ0v) is 19.4. The van der Waals surface area contributed by atoms with Gasteiger partial charge in [-0.25, -0.2) is 4.98 Å². The van der Waals surface area contributed by atoms with Gasteiger partial charge in [-0.3, -0.25) is 19.1 Å². The zero-order valence-electron chi connectivity index (χ0n) is 18.6. The molecule has 0 amide bonds. The summed E-state index contributed by atoms with van der Waals surface area (Å²) < 4.78 is 3.43. The summed E-state index contributed by atoms with van der Waals surface area (Å²) >= 11 is 6.59. The molecule has 4 aromatic rings. The Balaban J connectivity index is 1.25. The molecule has 0 spiro atoms. The van der Waals surface area contributed by atoms with Crippen LogP contribution in [-0.4, -0.2) is 58.2 Å². The minimum Gasteiger partial charge on any atom is -0.389 e. The molecule has 0 radical (unpaired) electrons. The van der Waals surface area contributed by atoms with Crippen molar-refractivity contribution in [2.75, 3.05) is 13.1 Å². The van der Waals surface area contributed by atoms with E-state index >= 15 is 0 Å². The second-order valence-electron chi connectivity index (χ2n) is 8.89. The number of H-pyrrole nitrogens is 1. The summed E-state index contributed by atoms with van der Waals surface area (Å²) in [6, 6.07) is 6.12. The van der Waals surface area contributed by atoms with E-state index in [0.29, 0.717) is 30.3 Å². The molecule has 1 aromatic carbocycles. The molecule has 0 bridgehead atoms. The maximum Gasteiger partial charge on any atom is 0.279 e. The van der Waals surface area contributed by atoms with E-state index in [1.807, 2.05) is 25.5 Å². The number of aromatic nitrogens is 6. The molecule has 1 fully saturated rings. The maximum atomic E-state index is 12.0. The van der Waals surface area contributed by atoms with Crippen molar-refractivity contribution >= 4 is 22.6 Å². The first-order valence-electron chi connectivity index (χ1n) is 10.9. The second-order valence-corrected chi connectivity index (χ2v) is 9.29. The molecular weight excluding hydrogens is 442 g/mol. The monoisotopic (exact) mass is 467 g/mol. The third-order valence-electron chi connectivity index (χ3n) is 6.51. The van der Waals surface area contributed by atoms with Crippen LogP contribution in [-0.2, 0) is 27.1 Å². The number of halogens is 1. The summed E-state index contributed by atoms with van der Waals surface area (Å²) in [6.45, 7) is 2.23. The van der Waals surface area contributed by atoms with Gasteiger partial charge in [-0.05, 0) is 30.0 Å². The van der Waals surface area contributed by atoms with Crippen LogP contribution in [0.3, 0.4) is 0 Å². The van der Waals surface area contributed by atoms with Crippen LogP contribution in [0.1, 0.15) is 24.1 Å². The summed E-state index contributed by atoms with van der Waals surface area (Å²) in [6.07, 6.45) is 6.82. The number of benzene rings is 1. The number of aliphatic hydroxyl groups is 1. The van der Waals surface area contributed by atoms with Gasteiger partial charge in [0.15, 0.2) is 5.52 Å². The van der Waals surface area contributed by atoms with Gasteiger partial charge in [0, 0.05) is 56.9 Å². The van der Waals surface area contributed by atoms with E-state index in [2.05, 4.69) is 37.2 Å². The molecule has 10 heteroatoms. The van der Waals surface area contributed by atoms with Crippen LogP contribution in [0.5, 0.6) is 0 Å². The molecule has 1 aliphatic rings. The molecule has 1 aliphatic heterocycles. The molecule has 0 unspecified atom stereocenters. The Hall–Kier alpha value is -3.01. The molecule has 33 heavy (non-hydrogen) atoms. The quantitative estimate of drug-likeness (QED) is 0.466. The molecule has 172 valence electrons. The topological polar surface area (TPSA) is 105 Å². The van der Waals surface area contributed by atoms with Crippen molar-refractivity contribution < 1.29 is 5.11 Å². The number of fused-ring (bicyclic) bond motifs is 1. The first-order chi connectivity index (χ1) is 15.8. The smallest absolute Gasteiger partial charge is 0.279 e. The van der Waals surface area contributed by atoms with Gasteiger partial charge in [0.25, 0.3) is 5.56 Å². The first kappa shape index (κ1) is 21.8. The van der Waals surface area contributed by atoms with Crippen LogP contribution in [0.15, 0.2) is 41.7 Å². The number of nitrogens with zero attached hydrogens (tertiary/aromatic N) is 6. The lowest BCUT2D eigenvalue weighted by Crippen LogP contribution is -2.45. The summed E-state index contributed by atoms with van der Waals surface area (Å²) in [5.74, 6) is 0. The fourth-order valence-corrected chi connectivity index (χ4v) is 4.78. The van der Waals surface area contributed by atoms with E-state index < -0.39 is 5.60 Å². The standard InChI is InChI=1S/C23H26ClN7O2/c1-29-12-17(11-27-29)15-3-4-16(18(24)9-15)13-31-7-5-23(33,6-8-31)10-19-20-21(28-30(19)2)22(32)26-14-25-20/h3-4,9,11-12,14,33H,5-8,10,13H2,1-2H3,(H,25,26,32). The molecule has 5 rings (SSSR count). The van der Waals surface area contributed by atoms with Gasteiger partial charge >= 0.3 is 0 Å². The van der Waals surface area contributed by atoms with E-state index in [0.717, 1.165) is 47.0 Å². The normalized spacial score (nSPS) is 16.5. The van der Waals surface area contributed by atoms with Crippen molar-refractivity contribution in [1.82, 2.24) is 34.4 Å². The highest BCUT2D eigenvalue weighted by atomic mass is 35.5. The van der Waals surface area contributed by atoms with Gasteiger partial charge in [0.05, 0.1) is 23.8 Å². The number of hydrogen-bond acceptors (Lipinski definition) is 6. The minimum atomic E-state index is -0.866. The Labute approximate surface area is 195 Å². The fourth-order valence-electron chi connectivity index (χ4n) is 4.54. The number of rotatable bonds is 5. The van der Waals surface area contributed by atoms with Gasteiger partial charge in [0.2, 0.25) is 0 Å². The third kappa shape index (κ3) is 4.31. The van der Waals surface area contributed by atoms with E-state index in [9.17, 15) is 9.90 Å². The highest BCUT2D eigenvalue weighted by molar-refractivity contribution is 6.31. The van der Waals surface area contributed by atoms with Crippen molar-refractivity contribution in [3.8, 4) is 11.1 Å². The predicted octanol–water partition coefficient (Wildman–Crippen LogP) is 2.28. The number of aryl methyl sites for hydroxylation is 2. The van der Waals surface area contributed by atoms with Crippen LogP contribution in [0.2, 0.25) is 5.02 Å². The Morgan fingerprint density at radius 2 is 1.97 bits per heavy atom. The molecule has 9 nitrogen and oxygen atoms in total. The zero-order chi connectivity index (χ0) is 23.2. The van der Waals surface area contributed by atoms with Crippen LogP contribution in [0, 0.1) is 0 Å². The Bertz CT molecular complexity index is 1360. The number of hydrogen-bond donors (Lipinski definition) is 2. The average Bonchev–Trinajstić information content (AvgIpc) is 3.36. The van der Waals surface area contributed by atoms with E-state index in [1.54, 1.807) is 16.4 Å². The molecule has 2 N–H and O–H groups in total. The number of likely N-dealkylation sites (tertiary alicyclic amines) is 1. The molecule has 1 saturated heterocycles. The summed E-state index contributed by atoms with van der Waals surface area (Å²) in [5.41, 5.74) is 3.65. The van der Waals surface area contributed by atoms with Crippen molar-refractivity contribution in [3.05, 3.63) is 63.6 Å². The van der Waals surface area contributed by atoms with Crippen LogP contribution >= 0.6 is 11.6 Å². The van der Waals surface area contributed by atoms with E-state index in [-0.39, 0.29) is 5.56 Å². The molecule has 0 aliphatic carbocycles. The Kier molecular flexibility index (Phi) is 5.55. The third-order valence-corrected chi connectivity index (χ3v) is 6.86. The average molecular weight is 468 g/mol. The van der Waals surface area contributed by atoms with E-state index in [1.165, 1.54) is 6.33 Å². The van der Waals surface area contributed by atoms with Crippen LogP contribution in [0.4, 0.5) is 0 Å². The highest BCUT2D eigenvalue weighted by Crippen LogP contribution is 2.31. The van der Waals surface area contributed by atoms with Gasteiger partial charge in [-0.2, -0.15) is 10.2 Å². The summed E-state index contributed by atoms with van der Waals surface area (Å²) in [5, 5.41) is 20.5. The number of nitrogens with one attached hydrogen (secondary N) is 1. The predicted molar refractivity (Wildman–Crippen MR) is 126 cm³/mol. The van der Waals surface area contributed by atoms with Gasteiger partial charge < -0.3 is 10.1 Å². The van der Waals surface area contributed by atoms with Gasteiger partial charge in [0.1, 0.15) is 5.52 Å². The van der Waals surface area contributed by atoms with Crippen molar-refractivity contribution in [2.45, 2.75) is 31.4 Å². The SMILES string of the molecule is Cn1cc(-c2ccc(CN3CCC(O)(Cc4c5nc[nH]c(=O)c5nn4C)CC3)c(Cl)c2)cn1. The lowest BCUT2D eigenvalue weighted by atomic mass is 9.86. The summed E-state index contributed by atoms with van der Waals surface area (Å²) in [7, 11) is 3.68. The Morgan fingerprint density at radius 3 is 2.67 bits per heavy atom. The first-order valence-corrected chi connectivity index (χ1v) is 11.3. The highest BCUT2D eigenvalue weighted by Gasteiger charge is 2.34. The number of aromatic amines is 1. The second kappa shape index (κ2) is 8.40. The summed E-state index contributed by atoms with van der Waals surface area (Å²) in [4.78, 5) is 21.2. The minimum absolute atomic E-state index is 0.268. The van der Waals surface area contributed by atoms with Crippen molar-refractivity contribution in [2.24, 2.45) is 14.1 Å².